The molecule has 10 heteroatoms. The van der Waals surface area contributed by atoms with Crippen LogP contribution in [0.3, 0.4) is 0 Å². The molecule has 2 atom stereocenters. The van der Waals surface area contributed by atoms with Gasteiger partial charge in [-0.3, -0.25) is 4.79 Å². The van der Waals surface area contributed by atoms with Crippen molar-refractivity contribution in [1.29, 1.82) is 0 Å². The smallest absolute Gasteiger partial charge is 0.410 e. The first-order chi connectivity index (χ1) is 13.6. The number of esters is 1. The number of likely N-dealkylation sites (tertiary alicyclic amines) is 1. The minimum atomic E-state index is -4.48. The fourth-order valence-electron chi connectivity index (χ4n) is 4.15. The third-order valence-electron chi connectivity index (χ3n) is 5.68. The molecule has 7 nitrogen and oxygen atoms in total. The number of nitrogens with one attached hydrogen (secondary N) is 1. The van der Waals surface area contributed by atoms with Crippen LogP contribution < -0.4 is 5.32 Å². The lowest BCUT2D eigenvalue weighted by molar-refractivity contribution is -0.174. The summed E-state index contributed by atoms with van der Waals surface area (Å²) in [6.45, 7) is 6.49. The lowest BCUT2D eigenvalue weighted by Crippen LogP contribution is -2.48. The first-order valence-corrected chi connectivity index (χ1v) is 10.00. The Kier molecular flexibility index (Phi) is 6.09. The molecule has 1 aromatic heterocycles. The summed E-state index contributed by atoms with van der Waals surface area (Å²) in [5.41, 5.74) is 0.0122. The summed E-state index contributed by atoms with van der Waals surface area (Å²) >= 11 is 0. The molecule has 1 fully saturated rings. The van der Waals surface area contributed by atoms with Gasteiger partial charge in [-0.25, -0.2) is 9.48 Å². The number of fused-ring (bicyclic) bond motifs is 1. The summed E-state index contributed by atoms with van der Waals surface area (Å²) in [6, 6.07) is -2.27. The molecule has 0 aliphatic carbocycles. The Labute approximate surface area is 167 Å². The fraction of sp³-hybridized carbons (Fsp3) is 0.737. The van der Waals surface area contributed by atoms with Crippen LogP contribution in [0.2, 0.25) is 0 Å². The number of carbonyl (C=O) groups is 2. The summed E-state index contributed by atoms with van der Waals surface area (Å²) in [4.78, 5) is 26.1. The maximum absolute atomic E-state index is 13.7. The molecule has 0 saturated carbocycles. The van der Waals surface area contributed by atoms with Gasteiger partial charge in [0.25, 0.3) is 0 Å². The Balaban J connectivity index is 1.80. The first-order valence-electron chi connectivity index (χ1n) is 10.00. The SMILES string of the molecule is CCOC(=O)c1cnn2c1N[C@H](C1CCN(C(=O)C(C)C)CC1)C[C@@H]2C(F)(F)F. The van der Waals surface area contributed by atoms with E-state index in [1.165, 1.54) is 0 Å². The highest BCUT2D eigenvalue weighted by atomic mass is 19.4. The van der Waals surface area contributed by atoms with Crippen molar-refractivity contribution in [3.05, 3.63) is 11.8 Å². The number of amides is 1. The molecule has 3 heterocycles. The zero-order chi connectivity index (χ0) is 21.3. The highest BCUT2D eigenvalue weighted by Gasteiger charge is 2.48. The van der Waals surface area contributed by atoms with Gasteiger partial charge < -0.3 is 15.0 Å². The Morgan fingerprint density at radius 2 is 1.97 bits per heavy atom. The highest BCUT2D eigenvalue weighted by molar-refractivity contribution is 5.94. The zero-order valence-electron chi connectivity index (χ0n) is 16.8. The molecule has 1 amide bonds. The van der Waals surface area contributed by atoms with E-state index in [-0.39, 0.29) is 42.2 Å². The summed E-state index contributed by atoms with van der Waals surface area (Å²) in [5.74, 6) is -0.705. The third kappa shape index (κ3) is 4.35. The molecule has 2 aliphatic heterocycles. The van der Waals surface area contributed by atoms with Crippen LogP contribution in [0.15, 0.2) is 6.20 Å². The standard InChI is InChI=1S/C19H27F3N4O3/c1-4-29-18(28)13-10-23-26-15(19(20,21)22)9-14(24-16(13)26)12-5-7-25(8-6-12)17(27)11(2)3/h10-12,14-15,24H,4-9H2,1-3H3/t14-,15+/m0/s1. The lowest BCUT2D eigenvalue weighted by atomic mass is 9.84. The molecule has 0 aromatic carbocycles. The van der Waals surface area contributed by atoms with Crippen molar-refractivity contribution in [3.8, 4) is 0 Å². The van der Waals surface area contributed by atoms with Gasteiger partial charge in [0.15, 0.2) is 6.04 Å². The van der Waals surface area contributed by atoms with Crippen molar-refractivity contribution >= 4 is 17.7 Å². The van der Waals surface area contributed by atoms with E-state index in [1.807, 2.05) is 13.8 Å². The van der Waals surface area contributed by atoms with Crippen molar-refractivity contribution in [2.45, 2.75) is 58.3 Å². The zero-order valence-corrected chi connectivity index (χ0v) is 16.8. The fourth-order valence-corrected chi connectivity index (χ4v) is 4.15. The van der Waals surface area contributed by atoms with E-state index < -0.39 is 24.2 Å². The molecule has 2 aliphatic rings. The third-order valence-corrected chi connectivity index (χ3v) is 5.68. The molecule has 0 unspecified atom stereocenters. The Hall–Kier alpha value is -2.26. The number of anilines is 1. The second-order valence-electron chi connectivity index (χ2n) is 7.93. The molecule has 0 radical (unpaired) electrons. The number of hydrogen-bond acceptors (Lipinski definition) is 5. The van der Waals surface area contributed by atoms with Gasteiger partial charge in [-0.05, 0) is 32.1 Å². The Morgan fingerprint density at radius 3 is 2.52 bits per heavy atom. The van der Waals surface area contributed by atoms with Gasteiger partial charge in [0.05, 0.1) is 12.8 Å². The first kappa shape index (κ1) is 21.4. The normalized spacial score (nSPS) is 22.9. The van der Waals surface area contributed by atoms with Gasteiger partial charge in [-0.1, -0.05) is 13.8 Å². The quantitative estimate of drug-likeness (QED) is 0.763. The number of nitrogens with zero attached hydrogens (tertiary/aromatic N) is 3. The van der Waals surface area contributed by atoms with Gasteiger partial charge in [0, 0.05) is 25.0 Å². The van der Waals surface area contributed by atoms with Crippen molar-refractivity contribution < 1.29 is 27.5 Å². The van der Waals surface area contributed by atoms with Gasteiger partial charge in [-0.15, -0.1) is 0 Å². The molecule has 162 valence electrons. The minimum absolute atomic E-state index is 0.0122. The van der Waals surface area contributed by atoms with Crippen LogP contribution in [0.4, 0.5) is 19.0 Å². The van der Waals surface area contributed by atoms with E-state index in [0.717, 1.165) is 10.9 Å². The second kappa shape index (κ2) is 8.23. The molecular weight excluding hydrogens is 389 g/mol. The molecule has 0 spiro atoms. The maximum Gasteiger partial charge on any atom is 0.410 e. The molecule has 0 bridgehead atoms. The van der Waals surface area contributed by atoms with Crippen molar-refractivity contribution in [1.82, 2.24) is 14.7 Å². The predicted molar refractivity (Wildman–Crippen MR) is 99.4 cm³/mol. The van der Waals surface area contributed by atoms with Gasteiger partial charge in [0.2, 0.25) is 5.91 Å². The van der Waals surface area contributed by atoms with Crippen LogP contribution in [-0.4, -0.2) is 58.5 Å². The molecular formula is C19H27F3N4O3. The van der Waals surface area contributed by atoms with Crippen molar-refractivity contribution in [3.63, 3.8) is 0 Å². The Morgan fingerprint density at radius 1 is 1.31 bits per heavy atom. The van der Waals surface area contributed by atoms with Crippen LogP contribution in [0, 0.1) is 11.8 Å². The number of hydrogen-bond donors (Lipinski definition) is 1. The number of halogens is 3. The number of ether oxygens (including phenoxy) is 1. The highest BCUT2D eigenvalue weighted by Crippen LogP contribution is 2.43. The van der Waals surface area contributed by atoms with Crippen LogP contribution in [0.25, 0.3) is 0 Å². The Bertz CT molecular complexity index is 754. The molecule has 3 rings (SSSR count). The van der Waals surface area contributed by atoms with Crippen LogP contribution in [-0.2, 0) is 9.53 Å². The summed E-state index contributed by atoms with van der Waals surface area (Å²) in [6.07, 6.45) is -2.29. The average Bonchev–Trinajstić information content (AvgIpc) is 3.10. The molecule has 29 heavy (non-hydrogen) atoms. The second-order valence-corrected chi connectivity index (χ2v) is 7.93. The summed E-state index contributed by atoms with van der Waals surface area (Å²) in [5, 5.41) is 6.94. The molecule has 1 N–H and O–H groups in total. The van der Waals surface area contributed by atoms with E-state index >= 15 is 0 Å². The number of rotatable bonds is 4. The van der Waals surface area contributed by atoms with Crippen molar-refractivity contribution in [2.75, 3.05) is 25.0 Å². The maximum atomic E-state index is 13.7. The van der Waals surface area contributed by atoms with E-state index in [9.17, 15) is 22.8 Å². The van der Waals surface area contributed by atoms with Gasteiger partial charge in [0.1, 0.15) is 11.4 Å². The number of piperidine rings is 1. The van der Waals surface area contributed by atoms with Crippen molar-refractivity contribution in [2.24, 2.45) is 11.8 Å². The minimum Gasteiger partial charge on any atom is -0.462 e. The topological polar surface area (TPSA) is 76.5 Å². The van der Waals surface area contributed by atoms with E-state index in [1.54, 1.807) is 11.8 Å². The van der Waals surface area contributed by atoms with Gasteiger partial charge in [-0.2, -0.15) is 18.3 Å². The molecule has 1 saturated heterocycles. The number of aromatic nitrogens is 2. The van der Waals surface area contributed by atoms with Crippen LogP contribution in [0.1, 0.15) is 56.4 Å². The predicted octanol–water partition coefficient (Wildman–Crippen LogP) is 3.24. The van der Waals surface area contributed by atoms with Crippen LogP contribution in [0.5, 0.6) is 0 Å². The summed E-state index contributed by atoms with van der Waals surface area (Å²) < 4.78 is 47.0. The van der Waals surface area contributed by atoms with Crippen LogP contribution >= 0.6 is 0 Å². The van der Waals surface area contributed by atoms with E-state index in [4.69, 9.17) is 4.74 Å². The average molecular weight is 416 g/mol. The lowest BCUT2D eigenvalue weighted by Gasteiger charge is -2.41. The number of carbonyl (C=O) groups excluding carboxylic acids is 2. The summed E-state index contributed by atoms with van der Waals surface area (Å²) in [7, 11) is 0. The monoisotopic (exact) mass is 416 g/mol. The van der Waals surface area contributed by atoms with E-state index in [0.29, 0.717) is 25.9 Å². The molecule has 1 aromatic rings. The number of alkyl halides is 3. The van der Waals surface area contributed by atoms with E-state index in [2.05, 4.69) is 10.4 Å². The largest absolute Gasteiger partial charge is 0.462 e. The van der Waals surface area contributed by atoms with Gasteiger partial charge >= 0.3 is 12.1 Å².